The first-order valence-corrected chi connectivity index (χ1v) is 21.4. The molecule has 0 aliphatic heterocycles. The van der Waals surface area contributed by atoms with Crippen molar-refractivity contribution in [2.24, 2.45) is 0 Å². The van der Waals surface area contributed by atoms with Crippen molar-refractivity contribution in [1.82, 2.24) is 24.9 Å². The first-order chi connectivity index (χ1) is 28.6. The van der Waals surface area contributed by atoms with E-state index in [1.165, 1.54) is 14.3 Å². The van der Waals surface area contributed by atoms with E-state index in [4.69, 9.17) is 24.9 Å². The van der Waals surface area contributed by atoms with Crippen molar-refractivity contribution in [2.75, 3.05) is 0 Å². The molecular weight excluding hydrogens is 767 g/mol. The lowest BCUT2D eigenvalue weighted by Crippen LogP contribution is -2.00. The largest absolute Gasteiger partial charge is 0.226 e. The third kappa shape index (κ3) is 5.76. The Morgan fingerprint density at radius 3 is 1.88 bits per heavy atom. The van der Waals surface area contributed by atoms with E-state index < -0.39 is 0 Å². The lowest BCUT2D eigenvalue weighted by atomic mass is 10.0. The normalized spacial score (nSPS) is 11.9. The first kappa shape index (κ1) is 34.5. The van der Waals surface area contributed by atoms with Crippen LogP contribution >= 0.6 is 34.0 Å². The van der Waals surface area contributed by atoms with Gasteiger partial charge in [0.25, 0.3) is 0 Å². The zero-order chi connectivity index (χ0) is 38.7. The Hall–Kier alpha value is -6.71. The van der Waals surface area contributed by atoms with Gasteiger partial charge in [0.2, 0.25) is 0 Å². The number of aryl methyl sites for hydroxylation is 1. The van der Waals surface area contributed by atoms with Gasteiger partial charge in [-0.15, -0.1) is 34.0 Å². The molecule has 0 N–H and O–H groups in total. The third-order valence-corrected chi connectivity index (χ3v) is 13.9. The molecule has 8 heteroatoms. The van der Waals surface area contributed by atoms with Crippen LogP contribution in [0.1, 0.15) is 10.4 Å². The molecule has 0 radical (unpaired) electrons. The average molecular weight is 798 g/mol. The molecule has 58 heavy (non-hydrogen) atoms. The van der Waals surface area contributed by atoms with Gasteiger partial charge in [-0.1, -0.05) is 140 Å². The van der Waals surface area contributed by atoms with Crippen molar-refractivity contribution >= 4 is 90.6 Å². The lowest BCUT2D eigenvalue weighted by molar-refractivity contribution is 1.08. The van der Waals surface area contributed by atoms with E-state index in [1.54, 1.807) is 34.0 Å². The van der Waals surface area contributed by atoms with E-state index in [0.29, 0.717) is 23.3 Å². The van der Waals surface area contributed by atoms with E-state index in [2.05, 4.69) is 135 Å². The summed E-state index contributed by atoms with van der Waals surface area (Å²) in [5.74, 6) is 2.62. The molecule has 6 aromatic carbocycles. The summed E-state index contributed by atoms with van der Waals surface area (Å²) < 4.78 is 5.80. The molecule has 5 nitrogen and oxygen atoms in total. The number of rotatable bonds is 7. The number of benzene rings is 6. The summed E-state index contributed by atoms with van der Waals surface area (Å²) in [5, 5.41) is 4.55. The van der Waals surface area contributed by atoms with Crippen molar-refractivity contribution in [1.29, 1.82) is 0 Å². The minimum atomic E-state index is 0.634. The highest BCUT2D eigenvalue weighted by Gasteiger charge is 2.21. The summed E-state index contributed by atoms with van der Waals surface area (Å²) in [6, 6.07) is 48.5. The van der Waals surface area contributed by atoms with Crippen LogP contribution in [0.5, 0.6) is 0 Å². The van der Waals surface area contributed by atoms with Crippen LogP contribution in [0, 0.1) is 6.92 Å². The van der Waals surface area contributed by atoms with Crippen molar-refractivity contribution in [3.63, 3.8) is 0 Å². The molecule has 0 spiro atoms. The first-order valence-electron chi connectivity index (χ1n) is 18.9. The minimum Gasteiger partial charge on any atom is -0.226 e. The van der Waals surface area contributed by atoms with E-state index in [1.807, 2.05) is 36.4 Å². The monoisotopic (exact) mass is 797 g/mol. The average Bonchev–Trinajstić information content (AvgIpc) is 3.95. The quantitative estimate of drug-likeness (QED) is 0.150. The van der Waals surface area contributed by atoms with Crippen LogP contribution < -0.4 is 0 Å². The van der Waals surface area contributed by atoms with Gasteiger partial charge in [-0.2, -0.15) is 0 Å². The number of aromatic nitrogens is 5. The van der Waals surface area contributed by atoms with Crippen LogP contribution in [0.3, 0.4) is 0 Å². The molecule has 5 aromatic heterocycles. The molecule has 0 bridgehead atoms. The van der Waals surface area contributed by atoms with E-state index in [-0.39, 0.29) is 0 Å². The number of thiophene rings is 3. The van der Waals surface area contributed by atoms with Gasteiger partial charge in [0.05, 0.1) is 15.9 Å². The van der Waals surface area contributed by atoms with Crippen LogP contribution in [0.15, 0.2) is 158 Å². The van der Waals surface area contributed by atoms with Crippen LogP contribution in [0.2, 0.25) is 0 Å². The zero-order valence-electron chi connectivity index (χ0n) is 31.2. The molecule has 0 fully saturated rings. The van der Waals surface area contributed by atoms with Crippen molar-refractivity contribution in [3.8, 4) is 56.8 Å². The predicted octanol–water partition coefficient (Wildman–Crippen LogP) is 14.5. The van der Waals surface area contributed by atoms with Crippen molar-refractivity contribution in [2.45, 2.75) is 6.92 Å². The van der Waals surface area contributed by atoms with Gasteiger partial charge in [0.1, 0.15) is 0 Å². The standard InChI is InChI=1S/C50H31N5S3/c1-3-4-19-33-29(2)56-39-24-13-21-36(42(33)39)49-53-47(31-17-9-6-10-18-31)54-50(55-49)37-22-14-25-40-43(37)34-27-26-32(28-41(34)57-40)48-51-44(30-15-7-5-8-16-30)46-45(52-48)35-20-11-12-23-38(35)58-46/h3-28H,1H2,2H3/b19-4-. The highest BCUT2D eigenvalue weighted by molar-refractivity contribution is 7.26. The Morgan fingerprint density at radius 1 is 0.483 bits per heavy atom. The Balaban J connectivity index is 1.10. The molecule has 0 aliphatic rings. The SMILES string of the molecule is C=C/C=C\c1c(C)sc2cccc(-c3nc(-c4ccccc4)nc(-c4cccc5sc6cc(-c7nc(-c8ccccc8)c8sc9ccccc9c8n7)ccc6c45)n3)c12. The molecule has 0 unspecified atom stereocenters. The molecule has 0 aliphatic carbocycles. The summed E-state index contributed by atoms with van der Waals surface area (Å²) in [6.07, 6.45) is 5.93. The summed E-state index contributed by atoms with van der Waals surface area (Å²) in [4.78, 5) is 27.4. The molecule has 5 heterocycles. The van der Waals surface area contributed by atoms with Crippen LogP contribution in [-0.4, -0.2) is 24.9 Å². The molecule has 274 valence electrons. The third-order valence-electron chi connectivity index (χ3n) is 10.5. The van der Waals surface area contributed by atoms with E-state index in [0.717, 1.165) is 80.2 Å². The molecule has 0 amide bonds. The Bertz CT molecular complexity index is 3430. The van der Waals surface area contributed by atoms with Gasteiger partial charge in [-0.05, 0) is 36.8 Å². The molecule has 11 rings (SSSR count). The minimum absolute atomic E-state index is 0.634. The Kier molecular flexibility index (Phi) is 8.36. The fraction of sp³-hybridized carbons (Fsp3) is 0.0200. The maximum atomic E-state index is 5.29. The van der Waals surface area contributed by atoms with Crippen molar-refractivity contribution in [3.05, 3.63) is 169 Å². The molecule has 11 aromatic rings. The lowest BCUT2D eigenvalue weighted by Gasteiger charge is -2.11. The highest BCUT2D eigenvalue weighted by Crippen LogP contribution is 2.44. The van der Waals surface area contributed by atoms with Gasteiger partial charge >= 0.3 is 0 Å². The van der Waals surface area contributed by atoms with Gasteiger partial charge in [-0.3, -0.25) is 0 Å². The number of hydrogen-bond acceptors (Lipinski definition) is 8. The van der Waals surface area contributed by atoms with Gasteiger partial charge < -0.3 is 0 Å². The topological polar surface area (TPSA) is 64.5 Å². The maximum absolute atomic E-state index is 5.29. The fourth-order valence-electron chi connectivity index (χ4n) is 7.84. The highest BCUT2D eigenvalue weighted by atomic mass is 32.1. The van der Waals surface area contributed by atoms with E-state index >= 15 is 0 Å². The van der Waals surface area contributed by atoms with Gasteiger partial charge in [0, 0.05) is 73.0 Å². The molecule has 0 saturated heterocycles. The van der Waals surface area contributed by atoms with Gasteiger partial charge in [0.15, 0.2) is 23.3 Å². The predicted molar refractivity (Wildman–Crippen MR) is 248 cm³/mol. The summed E-state index contributed by atoms with van der Waals surface area (Å²) in [5.41, 5.74) is 8.03. The van der Waals surface area contributed by atoms with E-state index in [9.17, 15) is 0 Å². The Morgan fingerprint density at radius 2 is 1.12 bits per heavy atom. The smallest absolute Gasteiger partial charge is 0.164 e. The van der Waals surface area contributed by atoms with Crippen LogP contribution in [-0.2, 0) is 0 Å². The summed E-state index contributed by atoms with van der Waals surface area (Å²) in [6.45, 7) is 6.08. The summed E-state index contributed by atoms with van der Waals surface area (Å²) >= 11 is 5.29. The van der Waals surface area contributed by atoms with Crippen molar-refractivity contribution < 1.29 is 0 Å². The van der Waals surface area contributed by atoms with Crippen LogP contribution in [0.4, 0.5) is 0 Å². The number of fused-ring (bicyclic) bond motifs is 7. The zero-order valence-corrected chi connectivity index (χ0v) is 33.6. The fourth-order valence-corrected chi connectivity index (χ4v) is 11.2. The molecule has 0 saturated carbocycles. The number of nitrogens with zero attached hydrogens (tertiary/aromatic N) is 5. The molecular formula is C50H31N5S3. The number of allylic oxidation sites excluding steroid dienone is 2. The second-order valence-electron chi connectivity index (χ2n) is 14.0. The van der Waals surface area contributed by atoms with Gasteiger partial charge in [-0.25, -0.2) is 24.9 Å². The Labute approximate surface area is 346 Å². The maximum Gasteiger partial charge on any atom is 0.164 e. The summed E-state index contributed by atoms with van der Waals surface area (Å²) in [7, 11) is 0. The second-order valence-corrected chi connectivity index (χ2v) is 17.4. The second kappa shape index (κ2) is 14.0. The number of hydrogen-bond donors (Lipinski definition) is 0. The van der Waals surface area contributed by atoms with Crippen LogP contribution in [0.25, 0.3) is 113 Å². The molecule has 0 atom stereocenters.